The molecule has 0 spiro atoms. The maximum absolute atomic E-state index is 11.7. The van der Waals surface area contributed by atoms with Crippen molar-refractivity contribution < 1.29 is 9.00 Å². The number of benzene rings is 1. The van der Waals surface area contributed by atoms with Gasteiger partial charge in [-0.1, -0.05) is 30.3 Å². The molecule has 1 aromatic rings. The van der Waals surface area contributed by atoms with E-state index in [2.05, 4.69) is 0 Å². The number of hydrogen-bond donors (Lipinski definition) is 0. The van der Waals surface area contributed by atoms with Gasteiger partial charge in [0.05, 0.1) is 5.75 Å². The Bertz CT molecular complexity index is 363. The Labute approximate surface area is 93.2 Å². The Morgan fingerprint density at radius 1 is 1.20 bits per heavy atom. The number of carbonyl (C=O) groups is 1. The molecular weight excluding hydrogens is 208 g/mol. The second-order valence-corrected chi connectivity index (χ2v) is 6.60. The highest BCUT2D eigenvalue weighted by molar-refractivity contribution is 7.87. The summed E-state index contributed by atoms with van der Waals surface area (Å²) < 4.78 is 11.4. The molecule has 0 radical (unpaired) electrons. The van der Waals surface area contributed by atoms with Crippen LogP contribution in [0.5, 0.6) is 0 Å². The summed E-state index contributed by atoms with van der Waals surface area (Å²) in [7, 11) is -1.12. The summed E-state index contributed by atoms with van der Waals surface area (Å²) >= 11 is 0. The Morgan fingerprint density at radius 3 is 2.20 bits per heavy atom. The molecule has 0 saturated heterocycles. The Balaban J connectivity index is 2.70. The minimum Gasteiger partial charge on any atom is -0.293 e. The van der Waals surface area contributed by atoms with Gasteiger partial charge < -0.3 is 0 Å². The predicted molar refractivity (Wildman–Crippen MR) is 63.5 cm³/mol. The van der Waals surface area contributed by atoms with Crippen LogP contribution >= 0.6 is 0 Å². The van der Waals surface area contributed by atoms with Gasteiger partial charge in [-0.15, -0.1) is 0 Å². The van der Waals surface area contributed by atoms with Crippen molar-refractivity contribution in [3.63, 3.8) is 0 Å². The Hall–Kier alpha value is -0.960. The van der Waals surface area contributed by atoms with E-state index >= 15 is 0 Å². The number of hydrogen-bond acceptors (Lipinski definition) is 2. The van der Waals surface area contributed by atoms with Gasteiger partial charge in [-0.25, -0.2) is 0 Å². The zero-order valence-corrected chi connectivity index (χ0v) is 10.1. The lowest BCUT2D eigenvalue weighted by molar-refractivity contribution is 0.102. The molecule has 2 nitrogen and oxygen atoms in total. The second-order valence-electron chi connectivity index (χ2n) is 4.39. The van der Waals surface area contributed by atoms with Crippen molar-refractivity contribution in [1.29, 1.82) is 0 Å². The third-order valence-electron chi connectivity index (χ3n) is 2.04. The van der Waals surface area contributed by atoms with Gasteiger partial charge in [0.15, 0.2) is 5.78 Å². The number of carbonyl (C=O) groups excluding carboxylic acids is 1. The monoisotopic (exact) mass is 224 g/mol. The first-order valence-electron chi connectivity index (χ1n) is 4.88. The molecule has 1 atom stereocenters. The fraction of sp³-hybridized carbons (Fsp3) is 0.417. The maximum Gasteiger partial charge on any atom is 0.175 e. The van der Waals surface area contributed by atoms with E-state index in [1.807, 2.05) is 39.0 Å². The van der Waals surface area contributed by atoms with Gasteiger partial charge in [-0.05, 0) is 20.8 Å². The van der Waals surface area contributed by atoms with E-state index in [1.54, 1.807) is 12.1 Å². The lowest BCUT2D eigenvalue weighted by Gasteiger charge is -2.16. The van der Waals surface area contributed by atoms with Crippen molar-refractivity contribution in [2.45, 2.75) is 25.5 Å². The van der Waals surface area contributed by atoms with Gasteiger partial charge >= 0.3 is 0 Å². The largest absolute Gasteiger partial charge is 0.293 e. The summed E-state index contributed by atoms with van der Waals surface area (Å²) in [5, 5.41) is 0. The van der Waals surface area contributed by atoms with Crippen LogP contribution in [0.2, 0.25) is 0 Å². The standard InChI is InChI=1S/C12H16O2S/c1-12(2,3)15(14)9-11(13)10-7-5-4-6-8-10/h4-8H,9H2,1-3H3/t15-/m1/s1. The van der Waals surface area contributed by atoms with Gasteiger partial charge in [0.25, 0.3) is 0 Å². The van der Waals surface area contributed by atoms with E-state index in [-0.39, 0.29) is 16.3 Å². The van der Waals surface area contributed by atoms with Crippen LogP contribution in [0.15, 0.2) is 30.3 Å². The van der Waals surface area contributed by atoms with E-state index in [0.29, 0.717) is 5.56 Å². The summed E-state index contributed by atoms with van der Waals surface area (Å²) in [6.45, 7) is 5.63. The minimum absolute atomic E-state index is 0.0520. The molecule has 1 rings (SSSR count). The summed E-state index contributed by atoms with van der Waals surface area (Å²) in [6, 6.07) is 8.99. The van der Waals surface area contributed by atoms with Crippen LogP contribution in [0.3, 0.4) is 0 Å². The van der Waals surface area contributed by atoms with E-state index < -0.39 is 10.8 Å². The van der Waals surface area contributed by atoms with Crippen molar-refractivity contribution in [2.24, 2.45) is 0 Å². The third-order valence-corrected chi connectivity index (χ3v) is 3.93. The number of rotatable bonds is 3. The maximum atomic E-state index is 11.7. The molecular formula is C12H16O2S. The Morgan fingerprint density at radius 2 is 1.73 bits per heavy atom. The molecule has 0 aromatic heterocycles. The van der Waals surface area contributed by atoms with Crippen LogP contribution in [-0.4, -0.2) is 20.5 Å². The van der Waals surface area contributed by atoms with Crippen LogP contribution in [0.25, 0.3) is 0 Å². The zero-order valence-electron chi connectivity index (χ0n) is 9.32. The molecule has 0 aliphatic heterocycles. The number of Topliss-reactive ketones (excluding diaryl/α,β-unsaturated/α-hetero) is 1. The van der Waals surface area contributed by atoms with Gasteiger partial charge in [0.1, 0.15) is 0 Å². The molecule has 15 heavy (non-hydrogen) atoms. The zero-order chi connectivity index (χ0) is 11.5. The quantitative estimate of drug-likeness (QED) is 0.739. The molecule has 0 N–H and O–H groups in total. The molecule has 0 aliphatic carbocycles. The minimum atomic E-state index is -1.12. The molecule has 82 valence electrons. The smallest absolute Gasteiger partial charge is 0.175 e. The van der Waals surface area contributed by atoms with Crippen LogP contribution in [0.1, 0.15) is 31.1 Å². The van der Waals surface area contributed by atoms with Crippen LogP contribution in [0, 0.1) is 0 Å². The van der Waals surface area contributed by atoms with Crippen molar-refractivity contribution in [1.82, 2.24) is 0 Å². The SMILES string of the molecule is CC(C)(C)[S@](=O)CC(=O)c1ccccc1. The summed E-state index contributed by atoms with van der Waals surface area (Å²) in [4.78, 5) is 11.7. The first-order chi connectivity index (χ1) is 6.91. The van der Waals surface area contributed by atoms with Gasteiger partial charge in [-0.2, -0.15) is 0 Å². The predicted octanol–water partition coefficient (Wildman–Crippen LogP) is 2.42. The second kappa shape index (κ2) is 4.71. The normalized spacial score (nSPS) is 13.5. The average molecular weight is 224 g/mol. The Kier molecular flexibility index (Phi) is 3.80. The highest BCUT2D eigenvalue weighted by Gasteiger charge is 2.22. The summed E-state index contributed by atoms with van der Waals surface area (Å²) in [5.41, 5.74) is 0.634. The highest BCUT2D eigenvalue weighted by atomic mass is 32.2. The van der Waals surface area contributed by atoms with E-state index in [4.69, 9.17) is 0 Å². The molecule has 0 saturated carbocycles. The summed E-state index contributed by atoms with van der Waals surface area (Å²) in [6.07, 6.45) is 0. The molecule has 0 fully saturated rings. The third kappa shape index (κ3) is 3.59. The van der Waals surface area contributed by atoms with Crippen LogP contribution < -0.4 is 0 Å². The summed E-state index contributed by atoms with van der Waals surface area (Å²) in [5.74, 6) is 0.0527. The molecule has 0 unspecified atom stereocenters. The first kappa shape index (κ1) is 12.1. The highest BCUT2D eigenvalue weighted by Crippen LogP contribution is 2.13. The van der Waals surface area contributed by atoms with Crippen molar-refractivity contribution in [2.75, 3.05) is 5.75 Å². The number of ketones is 1. The molecule has 0 aliphatic rings. The van der Waals surface area contributed by atoms with Crippen molar-refractivity contribution in [3.05, 3.63) is 35.9 Å². The lowest BCUT2D eigenvalue weighted by atomic mass is 10.2. The van der Waals surface area contributed by atoms with E-state index in [9.17, 15) is 9.00 Å². The first-order valence-corrected chi connectivity index (χ1v) is 6.20. The molecule has 1 aromatic carbocycles. The molecule has 0 bridgehead atoms. The molecule has 0 heterocycles. The topological polar surface area (TPSA) is 34.1 Å². The van der Waals surface area contributed by atoms with Crippen molar-refractivity contribution >= 4 is 16.6 Å². The lowest BCUT2D eigenvalue weighted by Crippen LogP contribution is -2.27. The van der Waals surface area contributed by atoms with Gasteiger partial charge in [-0.3, -0.25) is 9.00 Å². The van der Waals surface area contributed by atoms with Crippen LogP contribution in [-0.2, 0) is 10.8 Å². The van der Waals surface area contributed by atoms with Crippen LogP contribution in [0.4, 0.5) is 0 Å². The van der Waals surface area contributed by atoms with E-state index in [0.717, 1.165) is 0 Å². The fourth-order valence-corrected chi connectivity index (χ4v) is 1.88. The fourth-order valence-electron chi connectivity index (χ4n) is 1.04. The van der Waals surface area contributed by atoms with Gasteiger partial charge in [0, 0.05) is 21.1 Å². The van der Waals surface area contributed by atoms with Crippen molar-refractivity contribution in [3.8, 4) is 0 Å². The average Bonchev–Trinajstić information content (AvgIpc) is 2.17. The molecule has 3 heteroatoms. The van der Waals surface area contributed by atoms with Gasteiger partial charge in [0.2, 0.25) is 0 Å². The molecule has 0 amide bonds. The van der Waals surface area contributed by atoms with E-state index in [1.165, 1.54) is 0 Å².